The first kappa shape index (κ1) is 13.8. The minimum atomic E-state index is -0.153. The van der Waals surface area contributed by atoms with Crippen molar-refractivity contribution >= 4 is 23.1 Å². The van der Waals surface area contributed by atoms with Crippen molar-refractivity contribution in [3.05, 3.63) is 30.3 Å². The molecule has 1 aliphatic rings. The first-order chi connectivity index (χ1) is 9.16. The Morgan fingerprint density at radius 2 is 2.11 bits per heavy atom. The summed E-state index contributed by atoms with van der Waals surface area (Å²) < 4.78 is 5.47. The third-order valence-corrected chi connectivity index (χ3v) is 3.31. The van der Waals surface area contributed by atoms with Crippen molar-refractivity contribution in [3.63, 3.8) is 0 Å². The lowest BCUT2D eigenvalue weighted by Crippen LogP contribution is -2.45. The predicted octanol–water partition coefficient (Wildman–Crippen LogP) is 1.64. The van der Waals surface area contributed by atoms with Crippen molar-refractivity contribution in [2.45, 2.75) is 25.3 Å². The molecule has 0 heterocycles. The van der Waals surface area contributed by atoms with Crippen LogP contribution in [0.25, 0.3) is 0 Å². The summed E-state index contributed by atoms with van der Waals surface area (Å²) in [5, 5.41) is 2.88. The van der Waals surface area contributed by atoms with E-state index in [-0.39, 0.29) is 11.9 Å². The highest BCUT2D eigenvalue weighted by Crippen LogP contribution is 2.32. The number of para-hydroxylation sites is 1. The number of amides is 1. The van der Waals surface area contributed by atoms with Crippen molar-refractivity contribution in [1.82, 2.24) is 5.32 Å². The highest BCUT2D eigenvalue weighted by atomic mass is 32.1. The third kappa shape index (κ3) is 4.52. The smallest absolute Gasteiger partial charge is 0.223 e. The molecule has 0 saturated heterocycles. The predicted molar refractivity (Wildman–Crippen MR) is 78.0 cm³/mol. The zero-order valence-corrected chi connectivity index (χ0v) is 11.5. The molecule has 1 fully saturated rings. The van der Waals surface area contributed by atoms with Crippen LogP contribution in [-0.4, -0.2) is 23.5 Å². The molecule has 1 aliphatic carbocycles. The van der Waals surface area contributed by atoms with Gasteiger partial charge in [-0.1, -0.05) is 30.4 Å². The highest BCUT2D eigenvalue weighted by molar-refractivity contribution is 7.80. The number of hydrogen-bond donors (Lipinski definition) is 2. The van der Waals surface area contributed by atoms with E-state index in [1.807, 2.05) is 30.3 Å². The van der Waals surface area contributed by atoms with Crippen molar-refractivity contribution in [2.75, 3.05) is 6.61 Å². The van der Waals surface area contributed by atoms with Crippen LogP contribution in [0.2, 0.25) is 0 Å². The van der Waals surface area contributed by atoms with Crippen LogP contribution in [0.15, 0.2) is 30.3 Å². The molecule has 3 N–H and O–H groups in total. The summed E-state index contributed by atoms with van der Waals surface area (Å²) in [4.78, 5) is 12.1. The second-order valence-electron chi connectivity index (χ2n) is 4.70. The van der Waals surface area contributed by atoms with E-state index in [9.17, 15) is 4.79 Å². The molecule has 1 atom stereocenters. The Kier molecular flexibility index (Phi) is 4.74. The number of nitrogens with one attached hydrogen (secondary N) is 1. The van der Waals surface area contributed by atoms with Crippen molar-refractivity contribution in [3.8, 4) is 5.75 Å². The molecule has 1 aromatic rings. The quantitative estimate of drug-likeness (QED) is 0.744. The summed E-state index contributed by atoms with van der Waals surface area (Å²) in [5.41, 5.74) is 5.63. The molecular weight excluding hydrogens is 260 g/mol. The van der Waals surface area contributed by atoms with Gasteiger partial charge >= 0.3 is 0 Å². The molecule has 1 saturated carbocycles. The molecule has 0 bridgehead atoms. The van der Waals surface area contributed by atoms with E-state index in [2.05, 4.69) is 5.32 Å². The first-order valence-electron chi connectivity index (χ1n) is 6.43. The topological polar surface area (TPSA) is 64.3 Å². The van der Waals surface area contributed by atoms with Gasteiger partial charge in [0.15, 0.2) is 0 Å². The van der Waals surface area contributed by atoms with Gasteiger partial charge in [0.25, 0.3) is 0 Å². The highest BCUT2D eigenvalue weighted by Gasteiger charge is 2.33. The Hall–Kier alpha value is -1.62. The van der Waals surface area contributed by atoms with Gasteiger partial charge in [0, 0.05) is 0 Å². The Balaban J connectivity index is 1.71. The SMILES string of the molecule is NC(=S)C(NC(=O)CCOc1ccccc1)C1CC1. The van der Waals surface area contributed by atoms with Crippen LogP contribution in [0, 0.1) is 5.92 Å². The molecule has 0 aliphatic heterocycles. The zero-order valence-electron chi connectivity index (χ0n) is 10.7. The van der Waals surface area contributed by atoms with E-state index in [0.717, 1.165) is 18.6 Å². The summed E-state index contributed by atoms with van der Waals surface area (Å²) >= 11 is 4.97. The van der Waals surface area contributed by atoms with Crippen LogP contribution in [0.1, 0.15) is 19.3 Å². The first-order valence-corrected chi connectivity index (χ1v) is 6.84. The Morgan fingerprint density at radius 3 is 2.68 bits per heavy atom. The molecular formula is C14H18N2O2S. The fourth-order valence-electron chi connectivity index (χ4n) is 1.87. The van der Waals surface area contributed by atoms with E-state index in [1.54, 1.807) is 0 Å². The number of benzene rings is 1. The molecule has 102 valence electrons. The van der Waals surface area contributed by atoms with Crippen LogP contribution in [0.3, 0.4) is 0 Å². The second-order valence-corrected chi connectivity index (χ2v) is 5.17. The van der Waals surface area contributed by atoms with Gasteiger partial charge in [0.05, 0.1) is 24.1 Å². The molecule has 5 heteroatoms. The van der Waals surface area contributed by atoms with Crippen LogP contribution in [-0.2, 0) is 4.79 Å². The fraction of sp³-hybridized carbons (Fsp3) is 0.429. The van der Waals surface area contributed by atoms with E-state index in [0.29, 0.717) is 23.9 Å². The van der Waals surface area contributed by atoms with Gasteiger partial charge in [0.2, 0.25) is 5.91 Å². The average Bonchev–Trinajstić information content (AvgIpc) is 3.21. The monoisotopic (exact) mass is 278 g/mol. The summed E-state index contributed by atoms with van der Waals surface area (Å²) in [6.07, 6.45) is 2.48. The summed E-state index contributed by atoms with van der Waals surface area (Å²) in [7, 11) is 0. The van der Waals surface area contributed by atoms with E-state index >= 15 is 0 Å². The third-order valence-electron chi connectivity index (χ3n) is 3.06. The number of carbonyl (C=O) groups excluding carboxylic acids is 1. The molecule has 1 aromatic carbocycles. The number of nitrogens with two attached hydrogens (primary N) is 1. The Bertz CT molecular complexity index is 446. The number of rotatable bonds is 7. The number of thiocarbonyl (C=S) groups is 1. The minimum absolute atomic E-state index is 0.0689. The Morgan fingerprint density at radius 1 is 1.42 bits per heavy atom. The van der Waals surface area contributed by atoms with Gasteiger partial charge in [-0.2, -0.15) is 0 Å². The van der Waals surface area contributed by atoms with Gasteiger partial charge in [-0.05, 0) is 30.9 Å². The largest absolute Gasteiger partial charge is 0.493 e. The number of carbonyl (C=O) groups is 1. The van der Waals surface area contributed by atoms with E-state index in [1.165, 1.54) is 0 Å². The lowest BCUT2D eigenvalue weighted by Gasteiger charge is -2.16. The van der Waals surface area contributed by atoms with Gasteiger partial charge in [-0.15, -0.1) is 0 Å². The van der Waals surface area contributed by atoms with Crippen LogP contribution in [0.5, 0.6) is 5.75 Å². The molecule has 19 heavy (non-hydrogen) atoms. The van der Waals surface area contributed by atoms with E-state index in [4.69, 9.17) is 22.7 Å². The Labute approximate surface area is 118 Å². The molecule has 0 aromatic heterocycles. The van der Waals surface area contributed by atoms with Crippen molar-refractivity contribution < 1.29 is 9.53 Å². The maximum Gasteiger partial charge on any atom is 0.223 e. The van der Waals surface area contributed by atoms with Crippen molar-refractivity contribution in [2.24, 2.45) is 11.7 Å². The zero-order chi connectivity index (χ0) is 13.7. The van der Waals surface area contributed by atoms with Crippen molar-refractivity contribution in [1.29, 1.82) is 0 Å². The molecule has 1 amide bonds. The fourth-order valence-corrected chi connectivity index (χ4v) is 2.13. The van der Waals surface area contributed by atoms with Gasteiger partial charge < -0.3 is 15.8 Å². The van der Waals surface area contributed by atoms with Gasteiger partial charge in [0.1, 0.15) is 5.75 Å². The number of hydrogen-bond acceptors (Lipinski definition) is 3. The van der Waals surface area contributed by atoms with Gasteiger partial charge in [-0.3, -0.25) is 4.79 Å². The molecule has 0 radical (unpaired) electrons. The van der Waals surface area contributed by atoms with Crippen LogP contribution >= 0.6 is 12.2 Å². The summed E-state index contributed by atoms with van der Waals surface area (Å²) in [5.74, 6) is 1.13. The normalized spacial score (nSPS) is 15.6. The molecule has 2 rings (SSSR count). The maximum atomic E-state index is 11.8. The lowest BCUT2D eigenvalue weighted by molar-refractivity contribution is -0.122. The standard InChI is InChI=1S/C14H18N2O2S/c15-14(19)13(10-6-7-10)16-12(17)8-9-18-11-4-2-1-3-5-11/h1-5,10,13H,6-9H2,(H2,15,19)(H,16,17). The number of ether oxygens (including phenoxy) is 1. The molecule has 4 nitrogen and oxygen atoms in total. The summed E-state index contributed by atoms with van der Waals surface area (Å²) in [6, 6.07) is 9.28. The summed E-state index contributed by atoms with van der Waals surface area (Å²) in [6.45, 7) is 0.352. The molecule has 1 unspecified atom stereocenters. The average molecular weight is 278 g/mol. The lowest BCUT2D eigenvalue weighted by atomic mass is 10.2. The van der Waals surface area contributed by atoms with E-state index < -0.39 is 0 Å². The van der Waals surface area contributed by atoms with Crippen LogP contribution in [0.4, 0.5) is 0 Å². The minimum Gasteiger partial charge on any atom is -0.493 e. The van der Waals surface area contributed by atoms with Gasteiger partial charge in [-0.25, -0.2) is 0 Å². The van der Waals surface area contributed by atoms with Crippen LogP contribution < -0.4 is 15.8 Å². The second kappa shape index (κ2) is 6.52. The molecule has 0 spiro atoms. The maximum absolute atomic E-state index is 11.8.